The maximum atomic E-state index is 11.0. The molecule has 5 heteroatoms. The Kier molecular flexibility index (Phi) is 1.96. The molecule has 0 aromatic carbocycles. The number of carboxylic acids is 1. The lowest BCUT2D eigenvalue weighted by atomic mass is 10.2. The van der Waals surface area contributed by atoms with Gasteiger partial charge in [-0.2, -0.15) is 0 Å². The predicted octanol–water partition coefficient (Wildman–Crippen LogP) is 1.28. The van der Waals surface area contributed by atoms with E-state index in [4.69, 9.17) is 5.11 Å². The minimum absolute atomic E-state index is 0.209. The Hall–Kier alpha value is -1.91. The molecule has 2 aromatic heterocycles. The Morgan fingerprint density at radius 2 is 2.07 bits per heavy atom. The fourth-order valence-electron chi connectivity index (χ4n) is 1.55. The quantitative estimate of drug-likeness (QED) is 0.761. The molecule has 2 rings (SSSR count). The fraction of sp³-hybridized carbons (Fsp3) is 0.300. The molecule has 0 fully saturated rings. The lowest BCUT2D eigenvalue weighted by Gasteiger charge is -1.99. The number of carboxylic acid groups (broad SMARTS) is 1. The van der Waals surface area contributed by atoms with E-state index in [-0.39, 0.29) is 5.56 Å². The number of carbonyl (C=O) groups is 1. The van der Waals surface area contributed by atoms with Gasteiger partial charge in [-0.3, -0.25) is 0 Å². The third-order valence-electron chi connectivity index (χ3n) is 2.41. The molecule has 2 aromatic rings. The van der Waals surface area contributed by atoms with Gasteiger partial charge in [0.2, 0.25) is 0 Å². The van der Waals surface area contributed by atoms with Crippen LogP contribution < -0.4 is 0 Å². The second-order valence-electron chi connectivity index (χ2n) is 3.51. The average Bonchev–Trinajstić information content (AvgIpc) is 2.43. The largest absolute Gasteiger partial charge is 0.478 e. The standard InChI is InChI=1S/C10H11N3O2/c1-5-4-7(10(14)15)8-9(11-5)13(3)6(2)12-8/h4H,1-3H3,(H,14,15). The lowest BCUT2D eigenvalue weighted by Crippen LogP contribution is -2.01. The number of pyridine rings is 1. The van der Waals surface area contributed by atoms with Crippen LogP contribution in [0.15, 0.2) is 6.07 Å². The van der Waals surface area contributed by atoms with E-state index in [2.05, 4.69) is 9.97 Å². The van der Waals surface area contributed by atoms with E-state index in [9.17, 15) is 4.79 Å². The van der Waals surface area contributed by atoms with E-state index in [0.717, 1.165) is 5.82 Å². The summed E-state index contributed by atoms with van der Waals surface area (Å²) in [4.78, 5) is 19.5. The first-order valence-electron chi connectivity index (χ1n) is 4.54. The summed E-state index contributed by atoms with van der Waals surface area (Å²) >= 11 is 0. The zero-order valence-corrected chi connectivity index (χ0v) is 8.77. The number of aryl methyl sites for hydroxylation is 3. The average molecular weight is 205 g/mol. The summed E-state index contributed by atoms with van der Waals surface area (Å²) < 4.78 is 1.79. The Bertz CT molecular complexity index is 557. The van der Waals surface area contributed by atoms with Crippen LogP contribution >= 0.6 is 0 Å². The van der Waals surface area contributed by atoms with Crippen molar-refractivity contribution in [3.8, 4) is 0 Å². The topological polar surface area (TPSA) is 68.0 Å². The first kappa shape index (κ1) is 9.64. The van der Waals surface area contributed by atoms with Crippen molar-refractivity contribution in [1.29, 1.82) is 0 Å². The molecule has 0 amide bonds. The summed E-state index contributed by atoms with van der Waals surface area (Å²) in [6.07, 6.45) is 0. The molecule has 15 heavy (non-hydrogen) atoms. The number of aromatic carboxylic acids is 1. The maximum absolute atomic E-state index is 11.0. The monoisotopic (exact) mass is 205 g/mol. The van der Waals surface area contributed by atoms with E-state index < -0.39 is 5.97 Å². The normalized spacial score (nSPS) is 10.9. The molecule has 0 saturated heterocycles. The van der Waals surface area contributed by atoms with Crippen LogP contribution in [0.3, 0.4) is 0 Å². The molecule has 0 saturated carbocycles. The van der Waals surface area contributed by atoms with Crippen LogP contribution in [0.2, 0.25) is 0 Å². The molecule has 5 nitrogen and oxygen atoms in total. The zero-order chi connectivity index (χ0) is 11.2. The van der Waals surface area contributed by atoms with E-state index in [0.29, 0.717) is 16.9 Å². The van der Waals surface area contributed by atoms with E-state index >= 15 is 0 Å². The summed E-state index contributed by atoms with van der Waals surface area (Å²) in [5, 5.41) is 9.03. The number of hydrogen-bond donors (Lipinski definition) is 1. The van der Waals surface area contributed by atoms with Crippen molar-refractivity contribution >= 4 is 17.1 Å². The summed E-state index contributed by atoms with van der Waals surface area (Å²) in [5.41, 5.74) is 1.96. The molecule has 0 bridgehead atoms. The van der Waals surface area contributed by atoms with Crippen LogP contribution in [0.4, 0.5) is 0 Å². The van der Waals surface area contributed by atoms with Crippen LogP contribution in [0.25, 0.3) is 11.2 Å². The number of imidazole rings is 1. The maximum Gasteiger partial charge on any atom is 0.338 e. The lowest BCUT2D eigenvalue weighted by molar-refractivity contribution is 0.0698. The third-order valence-corrected chi connectivity index (χ3v) is 2.41. The third kappa shape index (κ3) is 1.36. The number of rotatable bonds is 1. The van der Waals surface area contributed by atoms with Gasteiger partial charge in [-0.25, -0.2) is 14.8 Å². The van der Waals surface area contributed by atoms with Crippen molar-refractivity contribution in [3.05, 3.63) is 23.1 Å². The minimum Gasteiger partial charge on any atom is -0.478 e. The van der Waals surface area contributed by atoms with Gasteiger partial charge >= 0.3 is 5.97 Å². The SMILES string of the molecule is Cc1cc(C(=O)O)c2nc(C)n(C)c2n1. The predicted molar refractivity (Wildman–Crippen MR) is 54.9 cm³/mol. The molecule has 0 spiro atoms. The zero-order valence-electron chi connectivity index (χ0n) is 8.77. The van der Waals surface area contributed by atoms with Gasteiger partial charge < -0.3 is 9.67 Å². The van der Waals surface area contributed by atoms with Gasteiger partial charge in [0.05, 0.1) is 5.56 Å². The van der Waals surface area contributed by atoms with Crippen LogP contribution in [0, 0.1) is 13.8 Å². The van der Waals surface area contributed by atoms with Gasteiger partial charge in [-0.15, -0.1) is 0 Å². The molecule has 0 radical (unpaired) electrons. The van der Waals surface area contributed by atoms with Crippen LogP contribution in [0.1, 0.15) is 21.9 Å². The van der Waals surface area contributed by atoms with Gasteiger partial charge in [0, 0.05) is 12.7 Å². The van der Waals surface area contributed by atoms with Crippen molar-refractivity contribution in [1.82, 2.24) is 14.5 Å². The molecule has 78 valence electrons. The highest BCUT2D eigenvalue weighted by molar-refractivity contribution is 6.00. The van der Waals surface area contributed by atoms with Gasteiger partial charge in [0.1, 0.15) is 11.3 Å². The van der Waals surface area contributed by atoms with Crippen molar-refractivity contribution in [2.45, 2.75) is 13.8 Å². The fourth-order valence-corrected chi connectivity index (χ4v) is 1.55. The Morgan fingerprint density at radius 1 is 1.40 bits per heavy atom. The van der Waals surface area contributed by atoms with Crippen LogP contribution in [-0.2, 0) is 7.05 Å². The molecule has 0 aliphatic heterocycles. The van der Waals surface area contributed by atoms with Crippen molar-refractivity contribution in [2.24, 2.45) is 7.05 Å². The minimum atomic E-state index is -0.969. The van der Waals surface area contributed by atoms with Crippen LogP contribution in [-0.4, -0.2) is 25.6 Å². The number of aromatic nitrogens is 3. The van der Waals surface area contributed by atoms with Crippen molar-refractivity contribution in [2.75, 3.05) is 0 Å². The number of hydrogen-bond acceptors (Lipinski definition) is 3. The number of fused-ring (bicyclic) bond motifs is 1. The molecule has 0 aliphatic carbocycles. The van der Waals surface area contributed by atoms with Gasteiger partial charge in [0.15, 0.2) is 5.65 Å². The second-order valence-corrected chi connectivity index (χ2v) is 3.51. The molecule has 1 N–H and O–H groups in total. The van der Waals surface area contributed by atoms with E-state index in [1.54, 1.807) is 11.5 Å². The molecule has 0 aliphatic rings. The summed E-state index contributed by atoms with van der Waals surface area (Å²) in [6.45, 7) is 3.59. The van der Waals surface area contributed by atoms with Gasteiger partial charge in [-0.1, -0.05) is 0 Å². The smallest absolute Gasteiger partial charge is 0.338 e. The summed E-state index contributed by atoms with van der Waals surface area (Å²) in [7, 11) is 1.82. The van der Waals surface area contributed by atoms with Gasteiger partial charge in [0.25, 0.3) is 0 Å². The van der Waals surface area contributed by atoms with Gasteiger partial charge in [-0.05, 0) is 19.9 Å². The van der Waals surface area contributed by atoms with Crippen molar-refractivity contribution < 1.29 is 9.90 Å². The second kappa shape index (κ2) is 3.05. The summed E-state index contributed by atoms with van der Waals surface area (Å²) in [5.74, 6) is -0.214. The molecular weight excluding hydrogens is 194 g/mol. The van der Waals surface area contributed by atoms with Crippen molar-refractivity contribution in [3.63, 3.8) is 0 Å². The molecular formula is C10H11N3O2. The Labute approximate surface area is 86.4 Å². The first-order valence-corrected chi connectivity index (χ1v) is 4.54. The summed E-state index contributed by atoms with van der Waals surface area (Å²) in [6, 6.07) is 1.54. The Balaban J connectivity index is 2.92. The highest BCUT2D eigenvalue weighted by Crippen LogP contribution is 2.18. The highest BCUT2D eigenvalue weighted by Gasteiger charge is 2.15. The van der Waals surface area contributed by atoms with Crippen LogP contribution in [0.5, 0.6) is 0 Å². The van der Waals surface area contributed by atoms with E-state index in [1.165, 1.54) is 6.07 Å². The highest BCUT2D eigenvalue weighted by atomic mass is 16.4. The Morgan fingerprint density at radius 3 is 2.67 bits per heavy atom. The number of nitrogens with zero attached hydrogens (tertiary/aromatic N) is 3. The first-order chi connectivity index (χ1) is 7.00. The molecule has 0 atom stereocenters. The van der Waals surface area contributed by atoms with E-state index in [1.807, 2.05) is 14.0 Å². The molecule has 0 unspecified atom stereocenters. The molecule has 2 heterocycles.